The van der Waals surface area contributed by atoms with Crippen LogP contribution in [-0.2, 0) is 16.0 Å². The number of hydrogen-bond acceptors (Lipinski definition) is 5. The topological polar surface area (TPSA) is 54.0 Å². The quantitative estimate of drug-likeness (QED) is 0.739. The van der Waals surface area contributed by atoms with E-state index in [9.17, 15) is 4.79 Å². The van der Waals surface area contributed by atoms with Crippen molar-refractivity contribution in [3.05, 3.63) is 17.2 Å². The van der Waals surface area contributed by atoms with Crippen LogP contribution in [0, 0.1) is 5.92 Å². The number of quaternary nitrogens is 1. The summed E-state index contributed by atoms with van der Waals surface area (Å²) in [7, 11) is 6.09. The Morgan fingerprint density at radius 3 is 2.82 bits per heavy atom. The number of ether oxygens (including phenoxy) is 4. The van der Waals surface area contributed by atoms with Gasteiger partial charge in [-0.05, 0) is 38.3 Å². The maximum atomic E-state index is 13.3. The minimum absolute atomic E-state index is 0.0478. The van der Waals surface area contributed by atoms with Crippen molar-refractivity contribution in [1.29, 1.82) is 0 Å². The van der Waals surface area contributed by atoms with Gasteiger partial charge in [0.25, 0.3) is 0 Å². The SMILES string of the molecule is COc1c2c(cc3c1C(CC(=O)C1CCOC(C)(C)C1)[N+](C)(C)CC3)OCO2. The molecule has 28 heavy (non-hydrogen) atoms. The van der Waals surface area contributed by atoms with E-state index in [1.165, 1.54) is 5.56 Å². The Hall–Kier alpha value is -1.79. The molecule has 0 amide bonds. The third kappa shape index (κ3) is 3.37. The third-order valence-corrected chi connectivity index (χ3v) is 6.63. The molecule has 3 heterocycles. The molecule has 0 N–H and O–H groups in total. The van der Waals surface area contributed by atoms with E-state index < -0.39 is 0 Å². The summed E-state index contributed by atoms with van der Waals surface area (Å²) in [6, 6.07) is 2.13. The van der Waals surface area contributed by atoms with Crippen molar-refractivity contribution < 1.29 is 28.2 Å². The maximum absolute atomic E-state index is 13.3. The normalized spacial score (nSPS) is 27.2. The molecule has 0 aromatic heterocycles. The molecule has 1 fully saturated rings. The molecule has 0 radical (unpaired) electrons. The number of benzene rings is 1. The molecule has 0 aliphatic carbocycles. The number of Topliss-reactive ketones (excluding diaryl/α,β-unsaturated/α-hetero) is 1. The Balaban J connectivity index is 1.68. The van der Waals surface area contributed by atoms with Gasteiger partial charge in [-0.1, -0.05) is 0 Å². The monoisotopic (exact) mass is 390 g/mol. The second-order valence-electron chi connectivity index (χ2n) is 9.45. The van der Waals surface area contributed by atoms with Crippen LogP contribution in [0.1, 0.15) is 50.3 Å². The smallest absolute Gasteiger partial charge is 0.231 e. The zero-order chi connectivity index (χ0) is 20.1. The van der Waals surface area contributed by atoms with E-state index in [0.29, 0.717) is 24.6 Å². The molecule has 1 aromatic rings. The first kappa shape index (κ1) is 19.5. The Morgan fingerprint density at radius 1 is 1.32 bits per heavy atom. The lowest BCUT2D eigenvalue weighted by Gasteiger charge is -2.44. The predicted octanol–water partition coefficient (Wildman–Crippen LogP) is 3.26. The van der Waals surface area contributed by atoms with E-state index in [1.807, 2.05) is 0 Å². The van der Waals surface area contributed by atoms with E-state index in [-0.39, 0.29) is 24.4 Å². The zero-order valence-corrected chi connectivity index (χ0v) is 17.7. The Morgan fingerprint density at radius 2 is 2.11 bits per heavy atom. The van der Waals surface area contributed by atoms with Gasteiger partial charge in [0, 0.05) is 18.9 Å². The molecule has 154 valence electrons. The van der Waals surface area contributed by atoms with E-state index >= 15 is 0 Å². The summed E-state index contributed by atoms with van der Waals surface area (Å²) in [5.41, 5.74) is 2.10. The fraction of sp³-hybridized carbons (Fsp3) is 0.682. The average molecular weight is 391 g/mol. The number of fused-ring (bicyclic) bond motifs is 2. The highest BCUT2D eigenvalue weighted by Crippen LogP contribution is 2.51. The van der Waals surface area contributed by atoms with Gasteiger partial charge in [0.15, 0.2) is 11.5 Å². The third-order valence-electron chi connectivity index (χ3n) is 6.63. The summed E-state index contributed by atoms with van der Waals surface area (Å²) >= 11 is 0. The van der Waals surface area contributed by atoms with Crippen LogP contribution in [-0.4, -0.2) is 57.0 Å². The maximum Gasteiger partial charge on any atom is 0.231 e. The Labute approximate surface area is 167 Å². The molecule has 6 nitrogen and oxygen atoms in total. The van der Waals surface area contributed by atoms with Gasteiger partial charge in [-0.3, -0.25) is 4.79 Å². The lowest BCUT2D eigenvalue weighted by molar-refractivity contribution is -0.922. The van der Waals surface area contributed by atoms with Crippen LogP contribution in [0.15, 0.2) is 6.07 Å². The summed E-state index contributed by atoms with van der Waals surface area (Å²) in [5, 5.41) is 0. The summed E-state index contributed by atoms with van der Waals surface area (Å²) in [6.45, 7) is 6.00. The summed E-state index contributed by atoms with van der Waals surface area (Å²) < 4.78 is 23.7. The number of ketones is 1. The van der Waals surface area contributed by atoms with Gasteiger partial charge in [0.2, 0.25) is 12.5 Å². The molecule has 0 spiro atoms. The molecule has 3 aliphatic heterocycles. The van der Waals surface area contributed by atoms with Crippen molar-refractivity contribution in [3.8, 4) is 17.2 Å². The number of likely N-dealkylation sites (N-methyl/N-ethyl adjacent to an activating group) is 1. The van der Waals surface area contributed by atoms with Crippen LogP contribution in [0.2, 0.25) is 0 Å². The molecular formula is C22H32NO5+. The lowest BCUT2D eigenvalue weighted by Crippen LogP contribution is -2.49. The van der Waals surface area contributed by atoms with Crippen LogP contribution in [0.25, 0.3) is 0 Å². The summed E-state index contributed by atoms with van der Waals surface area (Å²) in [5.74, 6) is 2.56. The zero-order valence-electron chi connectivity index (χ0n) is 17.7. The van der Waals surface area contributed by atoms with Crippen LogP contribution >= 0.6 is 0 Å². The van der Waals surface area contributed by atoms with Crippen molar-refractivity contribution in [3.63, 3.8) is 0 Å². The van der Waals surface area contributed by atoms with Crippen molar-refractivity contribution >= 4 is 5.78 Å². The number of rotatable bonds is 4. The van der Waals surface area contributed by atoms with E-state index in [1.54, 1.807) is 7.11 Å². The predicted molar refractivity (Wildman–Crippen MR) is 105 cm³/mol. The first-order chi connectivity index (χ1) is 13.2. The minimum atomic E-state index is -0.225. The highest BCUT2D eigenvalue weighted by molar-refractivity contribution is 5.82. The number of nitrogens with zero attached hydrogens (tertiary/aromatic N) is 1. The molecule has 2 unspecified atom stereocenters. The van der Waals surface area contributed by atoms with Crippen LogP contribution < -0.4 is 14.2 Å². The second-order valence-corrected chi connectivity index (χ2v) is 9.45. The lowest BCUT2D eigenvalue weighted by atomic mass is 9.80. The number of carbonyl (C=O) groups excluding carboxylic acids is 1. The van der Waals surface area contributed by atoms with Gasteiger partial charge in [0.1, 0.15) is 11.8 Å². The van der Waals surface area contributed by atoms with Crippen molar-refractivity contribution in [2.24, 2.45) is 5.92 Å². The van der Waals surface area contributed by atoms with E-state index in [0.717, 1.165) is 47.4 Å². The molecular weight excluding hydrogens is 358 g/mol. The van der Waals surface area contributed by atoms with Crippen LogP contribution in [0.4, 0.5) is 0 Å². The van der Waals surface area contributed by atoms with E-state index in [4.69, 9.17) is 18.9 Å². The Kier molecular flexibility index (Phi) is 4.82. The average Bonchev–Trinajstić information content (AvgIpc) is 3.09. The molecule has 0 bridgehead atoms. The Bertz CT molecular complexity index is 786. The molecule has 6 heteroatoms. The summed E-state index contributed by atoms with van der Waals surface area (Å²) in [4.78, 5) is 13.3. The fourth-order valence-corrected chi connectivity index (χ4v) is 4.98. The first-order valence-electron chi connectivity index (χ1n) is 10.2. The molecule has 3 aliphatic rings. The van der Waals surface area contributed by atoms with Gasteiger partial charge in [-0.25, -0.2) is 0 Å². The van der Waals surface area contributed by atoms with Crippen molar-refractivity contribution in [2.45, 2.75) is 51.2 Å². The van der Waals surface area contributed by atoms with Gasteiger partial charge in [0.05, 0.1) is 45.3 Å². The van der Waals surface area contributed by atoms with Crippen molar-refractivity contribution in [2.75, 3.05) is 41.1 Å². The fourth-order valence-electron chi connectivity index (χ4n) is 4.98. The largest absolute Gasteiger partial charge is 0.492 e. The molecule has 1 aromatic carbocycles. The van der Waals surface area contributed by atoms with Crippen LogP contribution in [0.5, 0.6) is 17.2 Å². The number of carbonyl (C=O) groups is 1. The molecule has 2 atom stereocenters. The highest BCUT2D eigenvalue weighted by atomic mass is 16.7. The highest BCUT2D eigenvalue weighted by Gasteiger charge is 2.44. The number of hydrogen-bond donors (Lipinski definition) is 0. The standard InChI is InChI=1S/C22H32NO5/c1-22(2)12-15(7-9-28-22)17(24)11-16-19-14(6-8-23(16,3)4)10-18-20(21(19)25-5)27-13-26-18/h10,15-16H,6-9,11-13H2,1-5H3/q+1. The van der Waals surface area contributed by atoms with Gasteiger partial charge < -0.3 is 23.4 Å². The molecule has 0 saturated carbocycles. The van der Waals surface area contributed by atoms with Gasteiger partial charge in [-0.2, -0.15) is 0 Å². The number of methoxy groups -OCH3 is 1. The molecule has 1 saturated heterocycles. The van der Waals surface area contributed by atoms with Crippen LogP contribution in [0.3, 0.4) is 0 Å². The van der Waals surface area contributed by atoms with Gasteiger partial charge in [-0.15, -0.1) is 0 Å². The minimum Gasteiger partial charge on any atom is -0.492 e. The first-order valence-corrected chi connectivity index (χ1v) is 10.2. The molecule has 4 rings (SSSR count). The second kappa shape index (κ2) is 6.92. The van der Waals surface area contributed by atoms with Gasteiger partial charge >= 0.3 is 0 Å². The summed E-state index contributed by atoms with van der Waals surface area (Å²) in [6.07, 6.45) is 3.05. The van der Waals surface area contributed by atoms with Crippen molar-refractivity contribution in [1.82, 2.24) is 0 Å². The van der Waals surface area contributed by atoms with E-state index in [2.05, 4.69) is 34.0 Å².